The molecular formula is C23H20N2O4. The number of benzene rings is 2. The van der Waals surface area contributed by atoms with Gasteiger partial charge in [0.15, 0.2) is 0 Å². The molecule has 0 saturated heterocycles. The van der Waals surface area contributed by atoms with E-state index in [1.165, 1.54) is 18.3 Å². The van der Waals surface area contributed by atoms with Gasteiger partial charge in [0, 0.05) is 11.3 Å². The number of amides is 2. The van der Waals surface area contributed by atoms with E-state index in [0.717, 1.165) is 11.3 Å². The number of furan rings is 1. The van der Waals surface area contributed by atoms with Gasteiger partial charge in [-0.25, -0.2) is 0 Å². The van der Waals surface area contributed by atoms with Gasteiger partial charge in [-0.05, 0) is 42.8 Å². The number of para-hydroxylation sites is 1. The van der Waals surface area contributed by atoms with Crippen molar-refractivity contribution in [2.24, 2.45) is 0 Å². The Kier molecular flexibility index (Phi) is 4.91. The molecule has 0 aliphatic carbocycles. The molecule has 29 heavy (non-hydrogen) atoms. The molecule has 1 N–H and O–H groups in total. The van der Waals surface area contributed by atoms with Crippen LogP contribution in [0.25, 0.3) is 5.57 Å². The van der Waals surface area contributed by atoms with E-state index in [4.69, 9.17) is 9.15 Å². The lowest BCUT2D eigenvalue weighted by Gasteiger charge is -2.14. The van der Waals surface area contributed by atoms with Crippen LogP contribution in [0.5, 0.6) is 5.75 Å². The van der Waals surface area contributed by atoms with E-state index in [9.17, 15) is 9.59 Å². The zero-order valence-corrected chi connectivity index (χ0v) is 16.1. The smallest absolute Gasteiger partial charge is 0.278 e. The number of ether oxygens (including phenoxy) is 1. The lowest BCUT2D eigenvalue weighted by molar-refractivity contribution is -0.137. The lowest BCUT2D eigenvalue weighted by Crippen LogP contribution is -2.31. The molecule has 0 radical (unpaired) electrons. The summed E-state index contributed by atoms with van der Waals surface area (Å²) in [6.45, 7) is 2.02. The predicted molar refractivity (Wildman–Crippen MR) is 109 cm³/mol. The number of carbonyl (C=O) groups excluding carboxylic acids is 2. The van der Waals surface area contributed by atoms with Crippen LogP contribution >= 0.6 is 0 Å². The van der Waals surface area contributed by atoms with Crippen molar-refractivity contribution in [2.75, 3.05) is 12.4 Å². The van der Waals surface area contributed by atoms with E-state index in [-0.39, 0.29) is 17.8 Å². The van der Waals surface area contributed by atoms with E-state index in [0.29, 0.717) is 17.1 Å². The monoisotopic (exact) mass is 388 g/mol. The minimum Gasteiger partial charge on any atom is -0.496 e. The Morgan fingerprint density at radius 3 is 2.55 bits per heavy atom. The summed E-state index contributed by atoms with van der Waals surface area (Å²) in [5, 5.41) is 3.15. The number of hydrogen-bond acceptors (Lipinski definition) is 5. The van der Waals surface area contributed by atoms with Crippen LogP contribution in [-0.4, -0.2) is 23.8 Å². The van der Waals surface area contributed by atoms with E-state index in [1.807, 2.05) is 43.3 Å². The molecule has 1 aromatic heterocycles. The second-order valence-corrected chi connectivity index (χ2v) is 6.72. The maximum Gasteiger partial charge on any atom is 0.278 e. The lowest BCUT2D eigenvalue weighted by atomic mass is 10.0. The first-order valence-corrected chi connectivity index (χ1v) is 9.18. The first-order valence-electron chi connectivity index (χ1n) is 9.18. The predicted octanol–water partition coefficient (Wildman–Crippen LogP) is 3.99. The van der Waals surface area contributed by atoms with Crippen molar-refractivity contribution in [3.63, 3.8) is 0 Å². The number of carbonyl (C=O) groups is 2. The second-order valence-electron chi connectivity index (χ2n) is 6.72. The van der Waals surface area contributed by atoms with Gasteiger partial charge in [0.25, 0.3) is 11.8 Å². The Hall–Kier alpha value is -3.80. The van der Waals surface area contributed by atoms with Crippen LogP contribution in [0.2, 0.25) is 0 Å². The molecule has 6 heteroatoms. The molecule has 4 rings (SSSR count). The van der Waals surface area contributed by atoms with Gasteiger partial charge < -0.3 is 14.5 Å². The minimum atomic E-state index is -0.409. The fraction of sp³-hybridized carbons (Fsp3) is 0.130. The summed E-state index contributed by atoms with van der Waals surface area (Å²) in [4.78, 5) is 27.7. The number of nitrogens with zero attached hydrogens (tertiary/aromatic N) is 1. The molecule has 0 spiro atoms. The zero-order valence-electron chi connectivity index (χ0n) is 16.1. The molecular weight excluding hydrogens is 368 g/mol. The maximum atomic E-state index is 13.3. The van der Waals surface area contributed by atoms with Crippen LogP contribution in [0.1, 0.15) is 16.9 Å². The van der Waals surface area contributed by atoms with Gasteiger partial charge in [-0.2, -0.15) is 0 Å². The Morgan fingerprint density at radius 2 is 1.83 bits per heavy atom. The van der Waals surface area contributed by atoms with Gasteiger partial charge in [0.1, 0.15) is 17.2 Å². The summed E-state index contributed by atoms with van der Waals surface area (Å²) in [6, 6.07) is 18.2. The minimum absolute atomic E-state index is 0.0579. The standard InChI is InChI=1S/C23H20N2O4/c1-15-7-5-8-16(13-15)24-21-20(18-10-3-4-11-19(18)28-2)22(26)25(23(21)27)14-17-9-6-12-29-17/h3-13,24H,14H2,1-2H3. The highest BCUT2D eigenvalue weighted by Gasteiger charge is 2.40. The first kappa shape index (κ1) is 18.6. The molecule has 146 valence electrons. The van der Waals surface area contributed by atoms with Crippen LogP contribution in [0, 0.1) is 6.92 Å². The summed E-state index contributed by atoms with van der Waals surface area (Å²) in [7, 11) is 1.54. The third-order valence-electron chi connectivity index (χ3n) is 4.73. The van der Waals surface area contributed by atoms with Gasteiger partial charge >= 0.3 is 0 Å². The normalized spacial score (nSPS) is 13.9. The number of hydrogen-bond donors (Lipinski definition) is 1. The second kappa shape index (κ2) is 7.67. The Balaban J connectivity index is 1.80. The molecule has 0 fully saturated rings. The molecule has 0 bridgehead atoms. The Labute approximate surface area is 168 Å². The van der Waals surface area contributed by atoms with Gasteiger partial charge in [-0.15, -0.1) is 0 Å². The maximum absolute atomic E-state index is 13.3. The number of imide groups is 1. The summed E-state index contributed by atoms with van der Waals surface area (Å²) in [5.41, 5.74) is 2.83. The number of rotatable bonds is 6. The third kappa shape index (κ3) is 3.52. The number of methoxy groups -OCH3 is 1. The summed E-state index contributed by atoms with van der Waals surface area (Å²) in [5.74, 6) is 0.245. The van der Waals surface area contributed by atoms with E-state index in [1.54, 1.807) is 24.3 Å². The number of aryl methyl sites for hydroxylation is 1. The highest BCUT2D eigenvalue weighted by Crippen LogP contribution is 2.35. The summed E-state index contributed by atoms with van der Waals surface area (Å²) in [6.07, 6.45) is 1.51. The summed E-state index contributed by atoms with van der Waals surface area (Å²) < 4.78 is 10.8. The van der Waals surface area contributed by atoms with Crippen LogP contribution < -0.4 is 10.1 Å². The van der Waals surface area contributed by atoms with Gasteiger partial charge in [-0.1, -0.05) is 30.3 Å². The topological polar surface area (TPSA) is 71.8 Å². The van der Waals surface area contributed by atoms with Gasteiger partial charge in [-0.3, -0.25) is 14.5 Å². The fourth-order valence-electron chi connectivity index (χ4n) is 3.36. The van der Waals surface area contributed by atoms with Crippen molar-refractivity contribution in [1.82, 2.24) is 4.90 Å². The molecule has 1 aliphatic rings. The van der Waals surface area contributed by atoms with E-state index < -0.39 is 11.8 Å². The van der Waals surface area contributed by atoms with Crippen molar-refractivity contribution in [3.05, 3.63) is 89.5 Å². The summed E-state index contributed by atoms with van der Waals surface area (Å²) >= 11 is 0. The van der Waals surface area contributed by atoms with Crippen molar-refractivity contribution < 1.29 is 18.7 Å². The van der Waals surface area contributed by atoms with Crippen LogP contribution in [0.3, 0.4) is 0 Å². The molecule has 2 aromatic carbocycles. The van der Waals surface area contributed by atoms with Crippen molar-refractivity contribution in [3.8, 4) is 5.75 Å². The highest BCUT2D eigenvalue weighted by atomic mass is 16.5. The molecule has 0 unspecified atom stereocenters. The van der Waals surface area contributed by atoms with Crippen LogP contribution in [0.4, 0.5) is 5.69 Å². The molecule has 2 amide bonds. The number of nitrogens with one attached hydrogen (secondary N) is 1. The van der Waals surface area contributed by atoms with E-state index in [2.05, 4.69) is 5.32 Å². The zero-order chi connectivity index (χ0) is 20.4. The Morgan fingerprint density at radius 1 is 1.00 bits per heavy atom. The van der Waals surface area contributed by atoms with Gasteiger partial charge in [0.05, 0.1) is 25.5 Å². The van der Waals surface area contributed by atoms with Crippen LogP contribution in [0.15, 0.2) is 77.0 Å². The highest BCUT2D eigenvalue weighted by molar-refractivity contribution is 6.36. The Bertz CT molecular complexity index is 1100. The van der Waals surface area contributed by atoms with Crippen LogP contribution in [-0.2, 0) is 16.1 Å². The average molecular weight is 388 g/mol. The van der Waals surface area contributed by atoms with Crippen molar-refractivity contribution >= 4 is 23.1 Å². The quantitative estimate of drug-likeness (QED) is 0.647. The first-order chi connectivity index (χ1) is 14.1. The number of anilines is 1. The largest absolute Gasteiger partial charge is 0.496 e. The molecule has 0 saturated carbocycles. The van der Waals surface area contributed by atoms with Crippen molar-refractivity contribution in [2.45, 2.75) is 13.5 Å². The van der Waals surface area contributed by atoms with E-state index >= 15 is 0 Å². The third-order valence-corrected chi connectivity index (χ3v) is 4.73. The fourth-order valence-corrected chi connectivity index (χ4v) is 3.36. The van der Waals surface area contributed by atoms with Crippen molar-refractivity contribution in [1.29, 1.82) is 0 Å². The van der Waals surface area contributed by atoms with Gasteiger partial charge in [0.2, 0.25) is 0 Å². The molecule has 6 nitrogen and oxygen atoms in total. The molecule has 3 aromatic rings. The molecule has 2 heterocycles. The molecule has 1 aliphatic heterocycles. The SMILES string of the molecule is COc1ccccc1C1=C(Nc2cccc(C)c2)C(=O)N(Cc2ccco2)C1=O. The molecule has 0 atom stereocenters. The average Bonchev–Trinajstić information content (AvgIpc) is 3.31.